The van der Waals surface area contributed by atoms with Gasteiger partial charge in [-0.25, -0.2) is 4.68 Å². The Morgan fingerprint density at radius 3 is 2.55 bits per heavy atom. The van der Waals surface area contributed by atoms with Crippen LogP contribution in [0, 0.1) is 6.92 Å². The van der Waals surface area contributed by atoms with Crippen LogP contribution in [0.5, 0.6) is 5.75 Å². The number of rotatable bonds is 8. The predicted molar refractivity (Wildman–Crippen MR) is 125 cm³/mol. The zero-order chi connectivity index (χ0) is 22.5. The van der Waals surface area contributed by atoms with Crippen molar-refractivity contribution in [3.63, 3.8) is 0 Å². The highest BCUT2D eigenvalue weighted by Gasteiger charge is 2.23. The van der Waals surface area contributed by atoms with E-state index in [2.05, 4.69) is 36.2 Å². The summed E-state index contributed by atoms with van der Waals surface area (Å²) in [6.45, 7) is 8.31. The molecule has 1 amide bonds. The van der Waals surface area contributed by atoms with Crippen LogP contribution < -0.4 is 15.5 Å². The summed E-state index contributed by atoms with van der Waals surface area (Å²) in [4.78, 5) is 14.4. The van der Waals surface area contributed by atoms with Gasteiger partial charge in [-0.05, 0) is 49.1 Å². The number of ether oxygens (including phenoxy) is 1. The topological polar surface area (TPSA) is 86.3 Å². The number of aryl methyl sites for hydroxylation is 1. The highest BCUT2D eigenvalue weighted by molar-refractivity contribution is 8.00. The number of carbonyl (C=O) groups excluding carboxylic acids is 1. The van der Waals surface area contributed by atoms with Crippen LogP contribution in [0.25, 0.3) is 0 Å². The molecule has 0 spiro atoms. The first-order valence-corrected chi connectivity index (χ1v) is 11.1. The molecule has 0 bridgehead atoms. The SMILES string of the molecule is Cc1ccc(C(C)C)c(OCc2nnc(SC(C)C(=O)N(C)c3ccccc3)n2N)c1. The molecule has 2 aromatic carbocycles. The molecular weight excluding hydrogens is 410 g/mol. The maximum absolute atomic E-state index is 12.8. The van der Waals surface area contributed by atoms with Crippen molar-refractivity contribution in [2.75, 3.05) is 17.8 Å². The Morgan fingerprint density at radius 2 is 1.87 bits per heavy atom. The molecule has 3 aromatic rings. The second-order valence-corrected chi connectivity index (χ2v) is 9.05. The lowest BCUT2D eigenvalue weighted by Crippen LogP contribution is -2.33. The lowest BCUT2D eigenvalue weighted by atomic mass is 10.0. The molecule has 31 heavy (non-hydrogen) atoms. The molecule has 164 valence electrons. The molecule has 1 aromatic heterocycles. The van der Waals surface area contributed by atoms with Crippen molar-refractivity contribution < 1.29 is 9.53 Å². The van der Waals surface area contributed by atoms with Gasteiger partial charge in [-0.15, -0.1) is 10.2 Å². The Hall–Kier alpha value is -3.00. The molecule has 0 aliphatic carbocycles. The number of nitrogens with two attached hydrogens (primary N) is 1. The van der Waals surface area contributed by atoms with Crippen molar-refractivity contribution >= 4 is 23.4 Å². The zero-order valence-corrected chi connectivity index (χ0v) is 19.4. The zero-order valence-electron chi connectivity index (χ0n) is 18.6. The van der Waals surface area contributed by atoms with Gasteiger partial charge >= 0.3 is 0 Å². The standard InChI is InChI=1S/C23H29N5O2S/c1-15(2)19-12-11-16(3)13-20(19)30-14-21-25-26-23(28(21)24)31-17(4)22(29)27(5)18-9-7-6-8-10-18/h6-13,15,17H,14,24H2,1-5H3. The van der Waals surface area contributed by atoms with Gasteiger partial charge in [0.2, 0.25) is 11.1 Å². The molecule has 0 fully saturated rings. The highest BCUT2D eigenvalue weighted by atomic mass is 32.2. The van der Waals surface area contributed by atoms with Gasteiger partial charge in [0.25, 0.3) is 0 Å². The van der Waals surface area contributed by atoms with E-state index in [4.69, 9.17) is 10.6 Å². The molecule has 1 unspecified atom stereocenters. The van der Waals surface area contributed by atoms with E-state index in [1.165, 1.54) is 16.4 Å². The van der Waals surface area contributed by atoms with Gasteiger partial charge in [0, 0.05) is 12.7 Å². The summed E-state index contributed by atoms with van der Waals surface area (Å²) >= 11 is 1.27. The number of nitrogen functional groups attached to an aromatic ring is 1. The Kier molecular flexibility index (Phi) is 7.22. The molecule has 0 saturated carbocycles. The summed E-state index contributed by atoms with van der Waals surface area (Å²) in [6.07, 6.45) is 0. The highest BCUT2D eigenvalue weighted by Crippen LogP contribution is 2.29. The Labute approximate surface area is 187 Å². The van der Waals surface area contributed by atoms with E-state index in [9.17, 15) is 4.79 Å². The summed E-state index contributed by atoms with van der Waals surface area (Å²) in [5.74, 6) is 7.81. The van der Waals surface area contributed by atoms with Crippen LogP contribution in [0.3, 0.4) is 0 Å². The molecule has 1 atom stereocenters. The van der Waals surface area contributed by atoms with Gasteiger partial charge < -0.3 is 15.5 Å². The maximum Gasteiger partial charge on any atom is 0.240 e. The van der Waals surface area contributed by atoms with Crippen molar-refractivity contribution in [3.8, 4) is 5.75 Å². The van der Waals surface area contributed by atoms with Crippen molar-refractivity contribution in [2.24, 2.45) is 0 Å². The molecule has 0 aliphatic heterocycles. The summed E-state index contributed by atoms with van der Waals surface area (Å²) in [5.41, 5.74) is 3.09. The average Bonchev–Trinajstić information content (AvgIpc) is 3.10. The van der Waals surface area contributed by atoms with Gasteiger partial charge in [0.15, 0.2) is 5.82 Å². The number of thioether (sulfide) groups is 1. The molecule has 0 aliphatic rings. The summed E-state index contributed by atoms with van der Waals surface area (Å²) in [7, 11) is 1.76. The maximum atomic E-state index is 12.8. The van der Waals surface area contributed by atoms with E-state index < -0.39 is 0 Å². The average molecular weight is 440 g/mol. The summed E-state index contributed by atoms with van der Waals surface area (Å²) < 4.78 is 7.41. The van der Waals surface area contributed by atoms with E-state index >= 15 is 0 Å². The van der Waals surface area contributed by atoms with Crippen molar-refractivity contribution in [3.05, 3.63) is 65.5 Å². The second-order valence-electron chi connectivity index (χ2n) is 7.75. The Balaban J connectivity index is 1.67. The quantitative estimate of drug-likeness (QED) is 0.419. The lowest BCUT2D eigenvalue weighted by Gasteiger charge is -2.20. The van der Waals surface area contributed by atoms with E-state index in [1.807, 2.05) is 50.2 Å². The first-order valence-electron chi connectivity index (χ1n) is 10.2. The van der Waals surface area contributed by atoms with Gasteiger partial charge in [0.1, 0.15) is 12.4 Å². The molecule has 8 heteroatoms. The minimum Gasteiger partial charge on any atom is -0.485 e. The van der Waals surface area contributed by atoms with Crippen LogP contribution in [-0.4, -0.2) is 33.1 Å². The first-order chi connectivity index (χ1) is 14.8. The molecule has 2 N–H and O–H groups in total. The number of hydrogen-bond acceptors (Lipinski definition) is 6. The third kappa shape index (κ3) is 5.38. The number of hydrogen-bond donors (Lipinski definition) is 1. The smallest absolute Gasteiger partial charge is 0.240 e. The number of benzene rings is 2. The van der Waals surface area contributed by atoms with Crippen LogP contribution in [-0.2, 0) is 11.4 Å². The van der Waals surface area contributed by atoms with Crippen LogP contribution in [0.15, 0.2) is 53.7 Å². The van der Waals surface area contributed by atoms with E-state index in [1.54, 1.807) is 11.9 Å². The van der Waals surface area contributed by atoms with Crippen molar-refractivity contribution in [2.45, 2.75) is 50.6 Å². The number of para-hydroxylation sites is 1. The van der Waals surface area contributed by atoms with Gasteiger partial charge in [-0.3, -0.25) is 4.79 Å². The number of carbonyl (C=O) groups is 1. The molecule has 3 rings (SSSR count). The minimum atomic E-state index is -0.380. The molecule has 7 nitrogen and oxygen atoms in total. The summed E-state index contributed by atoms with van der Waals surface area (Å²) in [5, 5.41) is 8.41. The minimum absolute atomic E-state index is 0.0432. The summed E-state index contributed by atoms with van der Waals surface area (Å²) in [6, 6.07) is 15.7. The van der Waals surface area contributed by atoms with Gasteiger partial charge in [0.05, 0.1) is 5.25 Å². The molecule has 1 heterocycles. The van der Waals surface area contributed by atoms with Gasteiger partial charge in [-0.1, -0.05) is 55.9 Å². The lowest BCUT2D eigenvalue weighted by molar-refractivity contribution is -0.117. The predicted octanol–water partition coefficient (Wildman–Crippen LogP) is 4.15. The van der Waals surface area contributed by atoms with Crippen LogP contribution in [0.1, 0.15) is 43.6 Å². The third-order valence-electron chi connectivity index (χ3n) is 4.99. The van der Waals surface area contributed by atoms with Crippen LogP contribution >= 0.6 is 11.8 Å². The van der Waals surface area contributed by atoms with Crippen molar-refractivity contribution in [1.82, 2.24) is 14.9 Å². The molecular formula is C23H29N5O2S. The Bertz CT molecular complexity index is 1040. The number of amides is 1. The monoisotopic (exact) mass is 439 g/mol. The third-order valence-corrected chi connectivity index (χ3v) is 6.03. The number of anilines is 1. The fraction of sp³-hybridized carbons (Fsp3) is 0.348. The van der Waals surface area contributed by atoms with E-state index in [0.29, 0.717) is 16.9 Å². The molecule has 0 radical (unpaired) electrons. The first kappa shape index (κ1) is 22.7. The number of nitrogens with zero attached hydrogens (tertiary/aromatic N) is 4. The largest absolute Gasteiger partial charge is 0.485 e. The normalized spacial score (nSPS) is 12.1. The Morgan fingerprint density at radius 1 is 1.16 bits per heavy atom. The van der Waals surface area contributed by atoms with E-state index in [-0.39, 0.29) is 17.8 Å². The fourth-order valence-electron chi connectivity index (χ4n) is 3.13. The van der Waals surface area contributed by atoms with Crippen LogP contribution in [0.4, 0.5) is 5.69 Å². The molecule has 0 saturated heterocycles. The van der Waals surface area contributed by atoms with Crippen molar-refractivity contribution in [1.29, 1.82) is 0 Å². The number of aromatic nitrogens is 3. The fourth-order valence-corrected chi connectivity index (χ4v) is 4.01. The van der Waals surface area contributed by atoms with Crippen LogP contribution in [0.2, 0.25) is 0 Å². The second kappa shape index (κ2) is 9.87. The van der Waals surface area contributed by atoms with E-state index in [0.717, 1.165) is 22.6 Å². The van der Waals surface area contributed by atoms with Gasteiger partial charge in [-0.2, -0.15) is 0 Å².